The number of fused-ring (bicyclic) bond motifs is 1. The summed E-state index contributed by atoms with van der Waals surface area (Å²) in [5.74, 6) is 1.30. The predicted molar refractivity (Wildman–Crippen MR) is 98.0 cm³/mol. The van der Waals surface area contributed by atoms with Crippen molar-refractivity contribution in [1.82, 2.24) is 9.97 Å². The Hall–Kier alpha value is -1.69. The highest BCUT2D eigenvalue weighted by Crippen LogP contribution is 2.35. The molecule has 0 spiro atoms. The van der Waals surface area contributed by atoms with Crippen molar-refractivity contribution in [2.24, 2.45) is 0 Å². The van der Waals surface area contributed by atoms with Gasteiger partial charge in [0.15, 0.2) is 0 Å². The van der Waals surface area contributed by atoms with Gasteiger partial charge in [0.1, 0.15) is 21.3 Å². The molecule has 0 bridgehead atoms. The average Bonchev–Trinajstić information content (AvgIpc) is 2.85. The molecular formula is C18H25N3O2S. The summed E-state index contributed by atoms with van der Waals surface area (Å²) < 4.78 is 4.90. The fraction of sp³-hybridized carbons (Fsp3) is 0.611. The lowest BCUT2D eigenvalue weighted by atomic mass is 9.96. The molecule has 0 unspecified atom stereocenters. The van der Waals surface area contributed by atoms with Crippen molar-refractivity contribution in [3.05, 3.63) is 16.3 Å². The van der Waals surface area contributed by atoms with E-state index in [4.69, 9.17) is 4.74 Å². The summed E-state index contributed by atoms with van der Waals surface area (Å²) in [5.41, 5.74) is 0.912. The van der Waals surface area contributed by atoms with Crippen molar-refractivity contribution in [2.45, 2.75) is 64.8 Å². The number of methoxy groups -OCH3 is 1. The van der Waals surface area contributed by atoms with E-state index >= 15 is 0 Å². The SMILES string of the molecule is COC(=O)c1sc2nc(C)nc(NC3CCCCCCC3)c2c1C. The molecule has 2 heterocycles. The Morgan fingerprint density at radius 3 is 2.46 bits per heavy atom. The molecule has 0 aliphatic heterocycles. The van der Waals surface area contributed by atoms with Gasteiger partial charge in [-0.25, -0.2) is 14.8 Å². The number of aryl methyl sites for hydroxylation is 2. The molecule has 0 amide bonds. The average molecular weight is 347 g/mol. The molecule has 6 heteroatoms. The third-order valence-electron chi connectivity index (χ3n) is 4.72. The first kappa shape index (κ1) is 17.1. The molecule has 5 nitrogen and oxygen atoms in total. The van der Waals surface area contributed by atoms with E-state index < -0.39 is 0 Å². The van der Waals surface area contributed by atoms with E-state index in [9.17, 15) is 4.79 Å². The van der Waals surface area contributed by atoms with E-state index in [-0.39, 0.29) is 5.97 Å². The second kappa shape index (κ2) is 7.47. The van der Waals surface area contributed by atoms with Crippen molar-refractivity contribution in [3.8, 4) is 0 Å². The van der Waals surface area contributed by atoms with Crippen molar-refractivity contribution >= 4 is 33.3 Å². The first-order chi connectivity index (χ1) is 11.6. The minimum absolute atomic E-state index is 0.301. The highest BCUT2D eigenvalue weighted by atomic mass is 32.1. The molecule has 1 aliphatic rings. The predicted octanol–water partition coefficient (Wildman–Crippen LogP) is 4.62. The number of carbonyl (C=O) groups excluding carboxylic acids is 1. The number of ether oxygens (including phenoxy) is 1. The van der Waals surface area contributed by atoms with Crippen LogP contribution >= 0.6 is 11.3 Å². The Morgan fingerprint density at radius 2 is 1.79 bits per heavy atom. The maximum atomic E-state index is 12.0. The zero-order valence-electron chi connectivity index (χ0n) is 14.6. The quantitative estimate of drug-likeness (QED) is 0.821. The normalized spacial score (nSPS) is 16.6. The van der Waals surface area contributed by atoms with Crippen LogP contribution < -0.4 is 5.32 Å². The van der Waals surface area contributed by atoms with Crippen molar-refractivity contribution < 1.29 is 9.53 Å². The minimum Gasteiger partial charge on any atom is -0.465 e. The van der Waals surface area contributed by atoms with Crippen molar-refractivity contribution in [2.75, 3.05) is 12.4 Å². The summed E-state index contributed by atoms with van der Waals surface area (Å²) in [5, 5.41) is 4.61. The van der Waals surface area contributed by atoms with E-state index in [0.717, 1.165) is 27.4 Å². The van der Waals surface area contributed by atoms with Crippen LogP contribution in [0.4, 0.5) is 5.82 Å². The Bertz CT molecular complexity index is 733. The number of hydrogen-bond donors (Lipinski definition) is 1. The summed E-state index contributed by atoms with van der Waals surface area (Å²) >= 11 is 1.39. The van der Waals surface area contributed by atoms with Gasteiger partial charge in [-0.3, -0.25) is 0 Å². The Balaban J connectivity index is 1.96. The lowest BCUT2D eigenvalue weighted by molar-refractivity contribution is 0.0605. The number of thiophene rings is 1. The van der Waals surface area contributed by atoms with Crippen LogP contribution in [0.1, 0.15) is 66.0 Å². The maximum absolute atomic E-state index is 12.0. The van der Waals surface area contributed by atoms with Crippen LogP contribution in [0.25, 0.3) is 10.2 Å². The van der Waals surface area contributed by atoms with Crippen LogP contribution in [-0.4, -0.2) is 29.1 Å². The lowest BCUT2D eigenvalue weighted by Crippen LogP contribution is -2.21. The van der Waals surface area contributed by atoms with Gasteiger partial charge in [-0.15, -0.1) is 11.3 Å². The molecule has 0 saturated heterocycles. The number of nitrogens with one attached hydrogen (secondary N) is 1. The van der Waals surface area contributed by atoms with Gasteiger partial charge in [0.2, 0.25) is 0 Å². The number of carbonyl (C=O) groups is 1. The van der Waals surface area contributed by atoms with Crippen LogP contribution in [-0.2, 0) is 4.74 Å². The molecule has 1 aliphatic carbocycles. The highest BCUT2D eigenvalue weighted by molar-refractivity contribution is 7.20. The molecule has 130 valence electrons. The molecule has 24 heavy (non-hydrogen) atoms. The maximum Gasteiger partial charge on any atom is 0.348 e. The molecule has 0 aromatic carbocycles. The smallest absolute Gasteiger partial charge is 0.348 e. The van der Waals surface area contributed by atoms with E-state index in [1.807, 2.05) is 13.8 Å². The van der Waals surface area contributed by atoms with Crippen LogP contribution in [0.3, 0.4) is 0 Å². The molecule has 1 N–H and O–H groups in total. The molecule has 1 saturated carbocycles. The molecule has 1 fully saturated rings. The highest BCUT2D eigenvalue weighted by Gasteiger charge is 2.22. The van der Waals surface area contributed by atoms with Crippen LogP contribution in [0.15, 0.2) is 0 Å². The number of nitrogens with zero attached hydrogens (tertiary/aromatic N) is 2. The second-order valence-corrected chi connectivity index (χ2v) is 7.53. The summed E-state index contributed by atoms with van der Waals surface area (Å²) in [6, 6.07) is 0.448. The van der Waals surface area contributed by atoms with Crippen LogP contribution in [0, 0.1) is 13.8 Å². The van der Waals surface area contributed by atoms with Gasteiger partial charge in [-0.2, -0.15) is 0 Å². The van der Waals surface area contributed by atoms with Crippen LogP contribution in [0.5, 0.6) is 0 Å². The summed E-state index contributed by atoms with van der Waals surface area (Å²) in [6.07, 6.45) is 8.88. The van der Waals surface area contributed by atoms with Crippen molar-refractivity contribution in [3.63, 3.8) is 0 Å². The van der Waals surface area contributed by atoms with E-state index in [2.05, 4.69) is 15.3 Å². The second-order valence-electron chi connectivity index (χ2n) is 6.53. The molecule has 2 aromatic rings. The van der Waals surface area contributed by atoms with Gasteiger partial charge in [0.05, 0.1) is 12.5 Å². The van der Waals surface area contributed by atoms with Gasteiger partial charge >= 0.3 is 5.97 Å². The van der Waals surface area contributed by atoms with E-state index in [1.54, 1.807) is 0 Å². The topological polar surface area (TPSA) is 64.1 Å². The van der Waals surface area contributed by atoms with Gasteiger partial charge in [-0.1, -0.05) is 32.1 Å². The Kier molecular flexibility index (Phi) is 5.33. The summed E-state index contributed by atoms with van der Waals surface area (Å²) in [7, 11) is 1.41. The molecule has 0 radical (unpaired) electrons. The minimum atomic E-state index is -0.301. The number of rotatable bonds is 3. The third-order valence-corrected chi connectivity index (χ3v) is 5.88. The first-order valence-corrected chi connectivity index (χ1v) is 9.54. The monoisotopic (exact) mass is 347 g/mol. The third kappa shape index (κ3) is 3.53. The Labute approximate surface area is 146 Å². The van der Waals surface area contributed by atoms with Crippen molar-refractivity contribution in [1.29, 1.82) is 0 Å². The van der Waals surface area contributed by atoms with Crippen LogP contribution in [0.2, 0.25) is 0 Å². The van der Waals surface area contributed by atoms with Gasteiger partial charge in [-0.05, 0) is 32.3 Å². The molecule has 2 aromatic heterocycles. The lowest BCUT2D eigenvalue weighted by Gasteiger charge is -2.22. The summed E-state index contributed by atoms with van der Waals surface area (Å²) in [4.78, 5) is 22.6. The molecular weight excluding hydrogens is 322 g/mol. The number of esters is 1. The molecule has 3 rings (SSSR count). The Morgan fingerprint density at radius 1 is 1.12 bits per heavy atom. The first-order valence-electron chi connectivity index (χ1n) is 8.72. The standard InChI is InChI=1S/C18H25N3O2S/c1-11-14-16(21-13-9-7-5-4-6-8-10-13)19-12(2)20-17(14)24-15(11)18(22)23-3/h13H,4-10H2,1-3H3,(H,19,20,21). The fourth-order valence-corrected chi connectivity index (χ4v) is 4.58. The van der Waals surface area contributed by atoms with E-state index in [1.165, 1.54) is 63.4 Å². The largest absolute Gasteiger partial charge is 0.465 e. The number of aromatic nitrogens is 2. The summed E-state index contributed by atoms with van der Waals surface area (Å²) in [6.45, 7) is 3.85. The van der Waals surface area contributed by atoms with Gasteiger partial charge < -0.3 is 10.1 Å². The zero-order chi connectivity index (χ0) is 17.1. The van der Waals surface area contributed by atoms with Gasteiger partial charge in [0, 0.05) is 6.04 Å². The van der Waals surface area contributed by atoms with Gasteiger partial charge in [0.25, 0.3) is 0 Å². The number of hydrogen-bond acceptors (Lipinski definition) is 6. The van der Waals surface area contributed by atoms with E-state index in [0.29, 0.717) is 10.9 Å². The zero-order valence-corrected chi connectivity index (χ0v) is 15.5. The molecule has 0 atom stereocenters. The fourth-order valence-electron chi connectivity index (χ4n) is 3.43. The number of anilines is 1.